The molecule has 0 aliphatic rings. The van der Waals surface area contributed by atoms with Gasteiger partial charge in [0.1, 0.15) is 5.69 Å². The monoisotopic (exact) mass is 524 g/mol. The SMILES string of the molecule is CCCCCCCCCCCCN(CCCCCCCCCCCC)Cc1[nH]nnc1-c1ccc(C)cc1. The summed E-state index contributed by atoms with van der Waals surface area (Å²) in [6, 6.07) is 8.68. The van der Waals surface area contributed by atoms with Crippen molar-refractivity contribution in [1.82, 2.24) is 20.3 Å². The molecule has 4 heteroatoms. The number of aromatic amines is 1. The molecule has 216 valence electrons. The molecule has 0 saturated heterocycles. The lowest BCUT2D eigenvalue weighted by atomic mass is 10.1. The van der Waals surface area contributed by atoms with E-state index < -0.39 is 0 Å². The Morgan fingerprint density at radius 1 is 0.579 bits per heavy atom. The highest BCUT2D eigenvalue weighted by molar-refractivity contribution is 5.61. The van der Waals surface area contributed by atoms with Gasteiger partial charge in [0.25, 0.3) is 0 Å². The summed E-state index contributed by atoms with van der Waals surface area (Å²) in [4.78, 5) is 2.66. The van der Waals surface area contributed by atoms with Crippen molar-refractivity contribution in [3.8, 4) is 11.3 Å². The van der Waals surface area contributed by atoms with E-state index in [1.54, 1.807) is 0 Å². The predicted octanol–water partition coefficient (Wildman–Crippen LogP) is 10.4. The van der Waals surface area contributed by atoms with Crippen molar-refractivity contribution >= 4 is 0 Å². The zero-order valence-electron chi connectivity index (χ0n) is 25.4. The molecule has 0 unspecified atom stereocenters. The van der Waals surface area contributed by atoms with Gasteiger partial charge < -0.3 is 0 Å². The summed E-state index contributed by atoms with van der Waals surface area (Å²) in [7, 11) is 0. The Balaban J connectivity index is 1.74. The zero-order valence-corrected chi connectivity index (χ0v) is 25.4. The van der Waals surface area contributed by atoms with Crippen LogP contribution in [-0.4, -0.2) is 33.4 Å². The van der Waals surface area contributed by atoms with Gasteiger partial charge in [-0.05, 0) is 32.9 Å². The maximum Gasteiger partial charge on any atom is 0.117 e. The second-order valence-corrected chi connectivity index (χ2v) is 11.6. The summed E-state index contributed by atoms with van der Waals surface area (Å²) in [5.41, 5.74) is 4.62. The van der Waals surface area contributed by atoms with Gasteiger partial charge in [0.05, 0.1) is 5.69 Å². The van der Waals surface area contributed by atoms with Gasteiger partial charge in [0.15, 0.2) is 0 Å². The predicted molar refractivity (Wildman–Crippen MR) is 166 cm³/mol. The third-order valence-corrected chi connectivity index (χ3v) is 7.98. The summed E-state index contributed by atoms with van der Waals surface area (Å²) >= 11 is 0. The Kier molecular flexibility index (Phi) is 19.0. The zero-order chi connectivity index (χ0) is 27.1. The number of nitrogens with zero attached hydrogens (tertiary/aromatic N) is 3. The van der Waals surface area contributed by atoms with Crippen LogP contribution in [-0.2, 0) is 6.54 Å². The second-order valence-electron chi connectivity index (χ2n) is 11.6. The molecule has 38 heavy (non-hydrogen) atoms. The summed E-state index contributed by atoms with van der Waals surface area (Å²) < 4.78 is 0. The maximum absolute atomic E-state index is 4.45. The summed E-state index contributed by atoms with van der Waals surface area (Å²) in [5, 5.41) is 11.9. The first-order chi connectivity index (χ1) is 18.7. The molecule has 0 aliphatic heterocycles. The highest BCUT2D eigenvalue weighted by Gasteiger charge is 2.14. The van der Waals surface area contributed by atoms with Gasteiger partial charge in [-0.15, -0.1) is 5.10 Å². The van der Waals surface area contributed by atoms with Crippen molar-refractivity contribution in [2.75, 3.05) is 13.1 Å². The van der Waals surface area contributed by atoms with Gasteiger partial charge in [0, 0.05) is 12.1 Å². The fraction of sp³-hybridized carbons (Fsp3) is 0.765. The number of hydrogen-bond acceptors (Lipinski definition) is 3. The lowest BCUT2D eigenvalue weighted by molar-refractivity contribution is 0.249. The highest BCUT2D eigenvalue weighted by Crippen LogP contribution is 2.22. The first-order valence-electron chi connectivity index (χ1n) is 16.4. The topological polar surface area (TPSA) is 44.8 Å². The standard InChI is InChI=1S/C34H60N4/c1-4-6-8-10-12-14-16-18-20-22-28-38(29-23-21-19-17-15-13-11-9-7-5-2)30-33-34(36-37-35-33)32-26-24-31(3)25-27-32/h24-27H,4-23,28-30H2,1-3H3,(H,35,36,37). The molecular weight excluding hydrogens is 464 g/mol. The molecule has 0 amide bonds. The van der Waals surface area contributed by atoms with Crippen molar-refractivity contribution in [2.24, 2.45) is 0 Å². The molecule has 0 bridgehead atoms. The molecule has 1 heterocycles. The van der Waals surface area contributed by atoms with Crippen molar-refractivity contribution in [3.05, 3.63) is 35.5 Å². The van der Waals surface area contributed by atoms with Crippen LogP contribution in [0.2, 0.25) is 0 Å². The molecular formula is C34H60N4. The third kappa shape index (κ3) is 15.0. The molecule has 1 aromatic carbocycles. The van der Waals surface area contributed by atoms with E-state index in [1.165, 1.54) is 147 Å². The van der Waals surface area contributed by atoms with Crippen LogP contribution in [0.25, 0.3) is 11.3 Å². The van der Waals surface area contributed by atoms with Gasteiger partial charge in [-0.2, -0.15) is 0 Å². The van der Waals surface area contributed by atoms with E-state index >= 15 is 0 Å². The van der Waals surface area contributed by atoms with Crippen molar-refractivity contribution in [1.29, 1.82) is 0 Å². The minimum absolute atomic E-state index is 0.922. The lowest BCUT2D eigenvalue weighted by Gasteiger charge is -2.22. The van der Waals surface area contributed by atoms with Crippen LogP contribution >= 0.6 is 0 Å². The number of aromatic nitrogens is 3. The quantitative estimate of drug-likeness (QED) is 0.131. The van der Waals surface area contributed by atoms with Crippen LogP contribution in [0.4, 0.5) is 0 Å². The average molecular weight is 525 g/mol. The number of rotatable bonds is 25. The van der Waals surface area contributed by atoms with Crippen molar-refractivity contribution < 1.29 is 0 Å². The minimum atomic E-state index is 0.922. The fourth-order valence-corrected chi connectivity index (χ4v) is 5.44. The molecule has 2 rings (SSSR count). The van der Waals surface area contributed by atoms with E-state index in [2.05, 4.69) is 65.3 Å². The molecule has 0 saturated carbocycles. The van der Waals surface area contributed by atoms with E-state index in [0.29, 0.717) is 0 Å². The minimum Gasteiger partial charge on any atom is -0.297 e. The number of H-pyrrole nitrogens is 1. The van der Waals surface area contributed by atoms with Crippen molar-refractivity contribution in [2.45, 2.75) is 156 Å². The Hall–Kier alpha value is -1.68. The number of unbranched alkanes of at least 4 members (excludes halogenated alkanes) is 18. The van der Waals surface area contributed by atoms with Crippen molar-refractivity contribution in [3.63, 3.8) is 0 Å². The maximum atomic E-state index is 4.45. The largest absolute Gasteiger partial charge is 0.297 e. The van der Waals surface area contributed by atoms with E-state index in [9.17, 15) is 0 Å². The van der Waals surface area contributed by atoms with E-state index in [0.717, 1.165) is 23.5 Å². The molecule has 0 aliphatic carbocycles. The van der Waals surface area contributed by atoms with Crippen LogP contribution < -0.4 is 0 Å². The Morgan fingerprint density at radius 2 is 1.00 bits per heavy atom. The van der Waals surface area contributed by atoms with Gasteiger partial charge >= 0.3 is 0 Å². The van der Waals surface area contributed by atoms with E-state index in [1.807, 2.05) is 0 Å². The van der Waals surface area contributed by atoms with Crippen LogP contribution in [0.15, 0.2) is 24.3 Å². The molecule has 0 fully saturated rings. The first-order valence-corrected chi connectivity index (χ1v) is 16.4. The molecule has 1 aromatic heterocycles. The summed E-state index contributed by atoms with van der Waals surface area (Å²) in [6.45, 7) is 10.0. The Bertz CT molecular complexity index is 758. The number of benzene rings is 1. The molecule has 0 atom stereocenters. The molecule has 2 aromatic rings. The van der Waals surface area contributed by atoms with Gasteiger partial charge in [0.2, 0.25) is 0 Å². The van der Waals surface area contributed by atoms with Crippen LogP contribution in [0.5, 0.6) is 0 Å². The van der Waals surface area contributed by atoms with E-state index in [4.69, 9.17) is 0 Å². The fourth-order valence-electron chi connectivity index (χ4n) is 5.44. The van der Waals surface area contributed by atoms with E-state index in [-0.39, 0.29) is 0 Å². The highest BCUT2D eigenvalue weighted by atomic mass is 15.3. The lowest BCUT2D eigenvalue weighted by Crippen LogP contribution is -2.26. The van der Waals surface area contributed by atoms with Crippen LogP contribution in [0.3, 0.4) is 0 Å². The summed E-state index contributed by atoms with van der Waals surface area (Å²) in [5.74, 6) is 0. The molecule has 4 nitrogen and oxygen atoms in total. The second kappa shape index (κ2) is 22.2. The van der Waals surface area contributed by atoms with Gasteiger partial charge in [-0.1, -0.05) is 164 Å². The molecule has 0 spiro atoms. The number of hydrogen-bond donors (Lipinski definition) is 1. The van der Waals surface area contributed by atoms with Crippen LogP contribution in [0.1, 0.15) is 154 Å². The Labute approximate surface area is 235 Å². The summed E-state index contributed by atoms with van der Waals surface area (Å²) in [6.07, 6.45) is 27.8. The smallest absolute Gasteiger partial charge is 0.117 e. The van der Waals surface area contributed by atoms with Gasteiger partial charge in [-0.3, -0.25) is 10.00 Å². The van der Waals surface area contributed by atoms with Crippen LogP contribution in [0, 0.1) is 6.92 Å². The molecule has 1 N–H and O–H groups in total. The van der Waals surface area contributed by atoms with Gasteiger partial charge in [-0.25, -0.2) is 0 Å². The number of nitrogens with one attached hydrogen (secondary N) is 1. The number of aryl methyl sites for hydroxylation is 1. The third-order valence-electron chi connectivity index (χ3n) is 7.98. The average Bonchev–Trinajstić information content (AvgIpc) is 3.39. The normalized spacial score (nSPS) is 11.6. The molecule has 0 radical (unpaired) electrons. The first kappa shape index (κ1) is 32.5. The Morgan fingerprint density at radius 3 is 1.45 bits per heavy atom.